The summed E-state index contributed by atoms with van der Waals surface area (Å²) in [4.78, 5) is 19.1. The molecule has 2 aromatic heterocycles. The monoisotopic (exact) mass is 322 g/mol. The summed E-state index contributed by atoms with van der Waals surface area (Å²) >= 11 is 3.47. The Kier molecular flexibility index (Phi) is 3.38. The van der Waals surface area contributed by atoms with E-state index in [1.165, 1.54) is 9.67 Å². The summed E-state index contributed by atoms with van der Waals surface area (Å²) in [6.07, 6.45) is 3.24. The summed E-state index contributed by atoms with van der Waals surface area (Å²) in [6, 6.07) is 0. The van der Waals surface area contributed by atoms with Crippen LogP contribution in [0.3, 0.4) is 0 Å². The topological polar surface area (TPSA) is 85.6 Å². The summed E-state index contributed by atoms with van der Waals surface area (Å²) in [5, 5.41) is 15.6. The molecule has 21 heavy (non-hydrogen) atoms. The number of aromatic nitrogens is 5. The van der Waals surface area contributed by atoms with Gasteiger partial charge in [0.15, 0.2) is 11.0 Å². The average molecular weight is 322 g/mol. The second-order valence-electron chi connectivity index (χ2n) is 5.19. The normalized spacial score (nSPS) is 17.5. The lowest BCUT2D eigenvalue weighted by Gasteiger charge is -2.06. The van der Waals surface area contributed by atoms with Gasteiger partial charge in [-0.1, -0.05) is 0 Å². The molecule has 3 heterocycles. The van der Waals surface area contributed by atoms with Gasteiger partial charge in [0.25, 0.3) is 0 Å². The van der Waals surface area contributed by atoms with Crippen molar-refractivity contribution in [2.24, 2.45) is 0 Å². The standard InChI is InChI=1S/C12H14N6OS2/c19-10(5-18-16-11(15-17-18)7-1-2-7)14-12-13-8-3-4-20-6-9(8)21-12/h7H,1-6H2,(H,13,14,19). The smallest absolute Gasteiger partial charge is 0.249 e. The van der Waals surface area contributed by atoms with E-state index < -0.39 is 0 Å². The average Bonchev–Trinajstić information content (AvgIpc) is 3.08. The minimum absolute atomic E-state index is 0.0821. The Morgan fingerprint density at radius 2 is 2.33 bits per heavy atom. The number of amides is 1. The first-order valence-corrected chi connectivity index (χ1v) is 8.89. The maximum Gasteiger partial charge on any atom is 0.249 e. The zero-order chi connectivity index (χ0) is 14.2. The van der Waals surface area contributed by atoms with E-state index in [2.05, 4.69) is 25.7 Å². The fourth-order valence-electron chi connectivity index (χ4n) is 2.19. The number of nitrogens with zero attached hydrogens (tertiary/aromatic N) is 5. The summed E-state index contributed by atoms with van der Waals surface area (Å²) in [7, 11) is 0. The molecule has 4 rings (SSSR count). The van der Waals surface area contributed by atoms with E-state index in [0.29, 0.717) is 11.0 Å². The minimum Gasteiger partial charge on any atom is -0.300 e. The molecule has 1 N–H and O–H groups in total. The van der Waals surface area contributed by atoms with Crippen LogP contribution in [0, 0.1) is 0 Å². The molecule has 0 saturated heterocycles. The zero-order valence-electron chi connectivity index (χ0n) is 11.3. The van der Waals surface area contributed by atoms with Crippen molar-refractivity contribution in [1.82, 2.24) is 25.2 Å². The molecule has 1 saturated carbocycles. The summed E-state index contributed by atoms with van der Waals surface area (Å²) in [6.45, 7) is 0.0821. The highest BCUT2D eigenvalue weighted by Gasteiger charge is 2.28. The second kappa shape index (κ2) is 5.38. The van der Waals surface area contributed by atoms with Gasteiger partial charge in [-0.15, -0.1) is 21.5 Å². The molecule has 0 spiro atoms. The molecule has 110 valence electrons. The Morgan fingerprint density at radius 3 is 3.14 bits per heavy atom. The molecule has 1 amide bonds. The molecule has 0 atom stereocenters. The molecule has 0 radical (unpaired) electrons. The molecule has 1 fully saturated rings. The van der Waals surface area contributed by atoms with Crippen LogP contribution in [-0.4, -0.2) is 36.9 Å². The van der Waals surface area contributed by atoms with Crippen LogP contribution in [0.25, 0.3) is 0 Å². The summed E-state index contributed by atoms with van der Waals surface area (Å²) < 4.78 is 0. The van der Waals surface area contributed by atoms with Crippen molar-refractivity contribution in [3.63, 3.8) is 0 Å². The summed E-state index contributed by atoms with van der Waals surface area (Å²) in [5.74, 6) is 3.15. The Balaban J connectivity index is 1.39. The molecule has 0 bridgehead atoms. The highest BCUT2D eigenvalue weighted by molar-refractivity contribution is 7.98. The van der Waals surface area contributed by atoms with Gasteiger partial charge in [0.2, 0.25) is 5.91 Å². The highest BCUT2D eigenvalue weighted by atomic mass is 32.2. The van der Waals surface area contributed by atoms with Crippen LogP contribution in [0.5, 0.6) is 0 Å². The second-order valence-corrected chi connectivity index (χ2v) is 7.38. The van der Waals surface area contributed by atoms with Gasteiger partial charge in [-0.3, -0.25) is 4.79 Å². The number of nitrogens with one attached hydrogen (secondary N) is 1. The van der Waals surface area contributed by atoms with Gasteiger partial charge in [-0.2, -0.15) is 16.6 Å². The number of fused-ring (bicyclic) bond motifs is 1. The molecular formula is C12H14N6OS2. The highest BCUT2D eigenvalue weighted by Crippen LogP contribution is 2.37. The maximum atomic E-state index is 12.0. The third-order valence-electron chi connectivity index (χ3n) is 3.44. The van der Waals surface area contributed by atoms with E-state index in [-0.39, 0.29) is 12.5 Å². The zero-order valence-corrected chi connectivity index (χ0v) is 12.9. The molecule has 9 heteroatoms. The minimum atomic E-state index is -0.159. The maximum absolute atomic E-state index is 12.0. The van der Waals surface area contributed by atoms with Crippen molar-refractivity contribution in [3.05, 3.63) is 16.4 Å². The Bertz CT molecular complexity index is 654. The number of hydrogen-bond acceptors (Lipinski definition) is 7. The van der Waals surface area contributed by atoms with Crippen LogP contribution in [-0.2, 0) is 23.5 Å². The Hall–Kier alpha value is -1.48. The number of tetrazole rings is 1. The molecular weight excluding hydrogens is 308 g/mol. The molecule has 2 aromatic rings. The number of anilines is 1. The van der Waals surface area contributed by atoms with Gasteiger partial charge in [-0.25, -0.2) is 4.98 Å². The predicted molar refractivity (Wildman–Crippen MR) is 80.4 cm³/mol. The first-order valence-electron chi connectivity index (χ1n) is 6.92. The van der Waals surface area contributed by atoms with Crippen LogP contribution in [0.2, 0.25) is 0 Å². The Morgan fingerprint density at radius 1 is 1.43 bits per heavy atom. The van der Waals surface area contributed by atoms with Crippen molar-refractivity contribution in [1.29, 1.82) is 0 Å². The van der Waals surface area contributed by atoms with Crippen molar-refractivity contribution >= 4 is 34.1 Å². The number of rotatable bonds is 4. The van der Waals surface area contributed by atoms with E-state index in [0.717, 1.165) is 42.3 Å². The molecule has 1 aliphatic heterocycles. The number of carbonyl (C=O) groups is 1. The van der Waals surface area contributed by atoms with E-state index >= 15 is 0 Å². The lowest BCUT2D eigenvalue weighted by molar-refractivity contribution is -0.117. The lowest BCUT2D eigenvalue weighted by atomic mass is 10.3. The van der Waals surface area contributed by atoms with Gasteiger partial charge in [0.05, 0.1) is 5.69 Å². The van der Waals surface area contributed by atoms with Crippen molar-refractivity contribution < 1.29 is 4.79 Å². The quantitative estimate of drug-likeness (QED) is 0.916. The SMILES string of the molecule is O=C(Cn1nnc(C2CC2)n1)Nc1nc2c(s1)CSCC2. The van der Waals surface area contributed by atoms with Crippen molar-refractivity contribution in [3.8, 4) is 0 Å². The number of thioether (sulfide) groups is 1. The summed E-state index contributed by atoms with van der Waals surface area (Å²) in [5.41, 5.74) is 1.13. The number of hydrogen-bond donors (Lipinski definition) is 1. The fraction of sp³-hybridized carbons (Fsp3) is 0.583. The van der Waals surface area contributed by atoms with Crippen molar-refractivity contribution in [2.45, 2.75) is 37.5 Å². The van der Waals surface area contributed by atoms with Crippen LogP contribution < -0.4 is 5.32 Å². The first kappa shape index (κ1) is 13.2. The van der Waals surface area contributed by atoms with E-state index in [1.807, 2.05) is 11.8 Å². The molecule has 0 aromatic carbocycles. The molecule has 2 aliphatic rings. The number of aryl methyl sites for hydroxylation is 1. The van der Waals surface area contributed by atoms with Crippen LogP contribution in [0.15, 0.2) is 0 Å². The van der Waals surface area contributed by atoms with Crippen molar-refractivity contribution in [2.75, 3.05) is 11.1 Å². The van der Waals surface area contributed by atoms with Crippen LogP contribution >= 0.6 is 23.1 Å². The fourth-order valence-corrected chi connectivity index (χ4v) is 4.33. The van der Waals surface area contributed by atoms with Crippen LogP contribution in [0.1, 0.15) is 35.2 Å². The van der Waals surface area contributed by atoms with Crippen LogP contribution in [0.4, 0.5) is 5.13 Å². The largest absolute Gasteiger partial charge is 0.300 e. The van der Waals surface area contributed by atoms with Gasteiger partial charge in [0.1, 0.15) is 6.54 Å². The van der Waals surface area contributed by atoms with Gasteiger partial charge >= 0.3 is 0 Å². The Labute approximate surface area is 129 Å². The lowest BCUT2D eigenvalue weighted by Crippen LogP contribution is -2.20. The predicted octanol–water partition coefficient (Wildman–Crippen LogP) is 1.44. The van der Waals surface area contributed by atoms with E-state index in [1.54, 1.807) is 11.3 Å². The van der Waals surface area contributed by atoms with Gasteiger partial charge in [-0.05, 0) is 30.2 Å². The van der Waals surface area contributed by atoms with Gasteiger partial charge in [0, 0.05) is 16.5 Å². The van der Waals surface area contributed by atoms with Gasteiger partial charge < -0.3 is 5.32 Å². The first-order chi connectivity index (χ1) is 10.3. The third kappa shape index (κ3) is 2.93. The van der Waals surface area contributed by atoms with E-state index in [4.69, 9.17) is 0 Å². The molecule has 1 aliphatic carbocycles. The molecule has 0 unspecified atom stereocenters. The number of carbonyl (C=O) groups excluding carboxylic acids is 1. The molecule has 7 nitrogen and oxygen atoms in total. The van der Waals surface area contributed by atoms with E-state index in [9.17, 15) is 4.79 Å². The third-order valence-corrected chi connectivity index (χ3v) is 5.62. The number of thiazole rings is 1.